The lowest BCUT2D eigenvalue weighted by Gasteiger charge is -2.43. The Kier molecular flexibility index (Phi) is 6.45. The number of ether oxygens (including phenoxy) is 1. The van der Waals surface area contributed by atoms with E-state index in [0.717, 1.165) is 25.0 Å². The van der Waals surface area contributed by atoms with Crippen LogP contribution in [0.4, 0.5) is 13.2 Å². The number of alkyl halides is 3. The molecule has 1 saturated carbocycles. The summed E-state index contributed by atoms with van der Waals surface area (Å²) in [5, 5.41) is 2.83. The molecule has 5 nitrogen and oxygen atoms in total. The number of amides is 2. The molecule has 1 heterocycles. The van der Waals surface area contributed by atoms with E-state index in [1.165, 1.54) is 17.0 Å². The first kappa shape index (κ1) is 22.6. The maximum absolute atomic E-state index is 13.4. The van der Waals surface area contributed by atoms with Crippen molar-refractivity contribution in [1.29, 1.82) is 0 Å². The number of hydrogen-bond acceptors (Lipinski definition) is 3. The monoisotopic (exact) mass is 426 g/mol. The van der Waals surface area contributed by atoms with E-state index in [-0.39, 0.29) is 24.0 Å². The Morgan fingerprint density at radius 2 is 1.93 bits per heavy atom. The van der Waals surface area contributed by atoms with Crippen LogP contribution in [0.1, 0.15) is 62.4 Å². The highest BCUT2D eigenvalue weighted by molar-refractivity contribution is 5.98. The van der Waals surface area contributed by atoms with E-state index in [4.69, 9.17) is 4.74 Å². The first-order valence-electron chi connectivity index (χ1n) is 10.5. The summed E-state index contributed by atoms with van der Waals surface area (Å²) in [6.45, 7) is 6.53. The molecule has 2 fully saturated rings. The third-order valence-corrected chi connectivity index (χ3v) is 5.96. The van der Waals surface area contributed by atoms with E-state index in [2.05, 4.69) is 12.2 Å². The summed E-state index contributed by atoms with van der Waals surface area (Å²) in [4.78, 5) is 27.7. The van der Waals surface area contributed by atoms with Gasteiger partial charge in [-0.15, -0.1) is 0 Å². The van der Waals surface area contributed by atoms with Crippen molar-refractivity contribution in [3.63, 3.8) is 0 Å². The summed E-state index contributed by atoms with van der Waals surface area (Å²) in [7, 11) is 0. The molecule has 1 N–H and O–H groups in total. The number of benzene rings is 1. The smallest absolute Gasteiger partial charge is 0.354 e. The lowest BCUT2D eigenvalue weighted by atomic mass is 9.83. The van der Waals surface area contributed by atoms with Gasteiger partial charge in [0, 0.05) is 12.1 Å². The zero-order valence-electron chi connectivity index (χ0n) is 17.6. The minimum absolute atomic E-state index is 0.0447. The Hall–Kier alpha value is -2.09. The predicted octanol–water partition coefficient (Wildman–Crippen LogP) is 4.23. The second kappa shape index (κ2) is 8.57. The molecule has 1 aliphatic carbocycles. The number of halogens is 3. The average Bonchev–Trinajstić information content (AvgIpc) is 3.06. The molecule has 8 heteroatoms. The van der Waals surface area contributed by atoms with E-state index >= 15 is 0 Å². The average molecular weight is 426 g/mol. The zero-order chi connectivity index (χ0) is 22.1. The number of rotatable bonds is 4. The van der Waals surface area contributed by atoms with Crippen LogP contribution in [0.5, 0.6) is 0 Å². The second-order valence-corrected chi connectivity index (χ2v) is 8.85. The van der Waals surface area contributed by atoms with E-state index < -0.39 is 29.4 Å². The number of nitrogens with zero attached hydrogens (tertiary/aromatic N) is 1. The first-order chi connectivity index (χ1) is 14.0. The molecule has 0 bridgehead atoms. The van der Waals surface area contributed by atoms with Gasteiger partial charge in [0.05, 0.1) is 12.2 Å². The highest BCUT2D eigenvalue weighted by Crippen LogP contribution is 2.43. The van der Waals surface area contributed by atoms with Crippen LogP contribution in [-0.2, 0) is 15.7 Å². The van der Waals surface area contributed by atoms with Gasteiger partial charge < -0.3 is 10.1 Å². The molecule has 30 heavy (non-hydrogen) atoms. The molecule has 0 radical (unpaired) electrons. The van der Waals surface area contributed by atoms with Crippen molar-refractivity contribution in [3.05, 3.63) is 35.4 Å². The molecule has 1 aliphatic heterocycles. The van der Waals surface area contributed by atoms with Crippen LogP contribution in [-0.4, -0.2) is 41.6 Å². The third-order valence-electron chi connectivity index (χ3n) is 5.96. The molecule has 0 unspecified atom stereocenters. The van der Waals surface area contributed by atoms with Crippen molar-refractivity contribution in [2.75, 3.05) is 13.2 Å². The maximum Gasteiger partial charge on any atom is 0.416 e. The molecule has 1 spiro atoms. The van der Waals surface area contributed by atoms with E-state index in [9.17, 15) is 22.8 Å². The molecule has 166 valence electrons. The molecule has 1 aromatic rings. The van der Waals surface area contributed by atoms with Crippen LogP contribution in [0.3, 0.4) is 0 Å². The van der Waals surface area contributed by atoms with Gasteiger partial charge in [-0.2, -0.15) is 13.2 Å². The van der Waals surface area contributed by atoms with Gasteiger partial charge in [-0.3, -0.25) is 14.5 Å². The van der Waals surface area contributed by atoms with Gasteiger partial charge in [0.1, 0.15) is 11.8 Å². The van der Waals surface area contributed by atoms with E-state index in [1.807, 2.05) is 13.8 Å². The molecule has 1 aromatic carbocycles. The van der Waals surface area contributed by atoms with Crippen LogP contribution in [0.2, 0.25) is 0 Å². The fraction of sp³-hybridized carbons (Fsp3) is 0.636. The third kappa shape index (κ3) is 4.63. The molecular weight excluding hydrogens is 397 g/mol. The number of carbonyl (C=O) groups is 2. The Morgan fingerprint density at radius 3 is 2.53 bits per heavy atom. The van der Waals surface area contributed by atoms with Crippen LogP contribution >= 0.6 is 0 Å². The zero-order valence-corrected chi connectivity index (χ0v) is 17.6. The highest BCUT2D eigenvalue weighted by atomic mass is 19.4. The van der Waals surface area contributed by atoms with Crippen LogP contribution in [0.15, 0.2) is 24.3 Å². The SMILES string of the molecule is CC(C)CNC(=O)[C@@H]1COC2(CCC(C)CC2)N1C(=O)c1cccc(C(F)(F)F)c1. The molecule has 1 atom stereocenters. The molecule has 2 aliphatic rings. The Bertz CT molecular complexity index is 786. The first-order valence-corrected chi connectivity index (χ1v) is 10.5. The minimum Gasteiger partial charge on any atom is -0.354 e. The standard InChI is InChI=1S/C22H29F3N2O3/c1-14(2)12-26-19(28)18-13-30-21(9-7-15(3)8-10-21)27(18)20(29)16-5-4-6-17(11-16)22(23,24)25/h4-6,11,14-15,18H,7-10,12-13H2,1-3H3,(H,26,28)/t15?,18-,21?/m0/s1. The Labute approximate surface area is 175 Å². The topological polar surface area (TPSA) is 58.6 Å². The number of hydrogen-bond donors (Lipinski definition) is 1. The van der Waals surface area contributed by atoms with Crippen LogP contribution in [0.25, 0.3) is 0 Å². The Balaban J connectivity index is 1.93. The van der Waals surface area contributed by atoms with Gasteiger partial charge in [0.25, 0.3) is 5.91 Å². The Morgan fingerprint density at radius 1 is 1.27 bits per heavy atom. The molecular formula is C22H29F3N2O3. The maximum atomic E-state index is 13.4. The van der Waals surface area contributed by atoms with Crippen molar-refractivity contribution in [2.45, 2.75) is 64.4 Å². The van der Waals surface area contributed by atoms with E-state index in [0.29, 0.717) is 25.3 Å². The largest absolute Gasteiger partial charge is 0.416 e. The van der Waals surface area contributed by atoms with Gasteiger partial charge >= 0.3 is 6.18 Å². The summed E-state index contributed by atoms with van der Waals surface area (Å²) in [6.07, 6.45) is -1.77. The fourth-order valence-corrected chi connectivity index (χ4v) is 4.17. The highest BCUT2D eigenvalue weighted by Gasteiger charge is 2.53. The van der Waals surface area contributed by atoms with Gasteiger partial charge in [0.15, 0.2) is 0 Å². The van der Waals surface area contributed by atoms with Gasteiger partial charge in [0.2, 0.25) is 5.91 Å². The summed E-state index contributed by atoms with van der Waals surface area (Å²) >= 11 is 0. The summed E-state index contributed by atoms with van der Waals surface area (Å²) in [5.41, 5.74) is -1.92. The summed E-state index contributed by atoms with van der Waals surface area (Å²) in [6, 6.07) is 3.50. The molecule has 0 aromatic heterocycles. The quantitative estimate of drug-likeness (QED) is 0.784. The van der Waals surface area contributed by atoms with Crippen LogP contribution < -0.4 is 5.32 Å². The molecule has 3 rings (SSSR count). The minimum atomic E-state index is -4.55. The lowest BCUT2D eigenvalue weighted by molar-refractivity contribution is -0.137. The van der Waals surface area contributed by atoms with Crippen molar-refractivity contribution < 1.29 is 27.5 Å². The molecule has 1 saturated heterocycles. The predicted molar refractivity (Wildman–Crippen MR) is 106 cm³/mol. The van der Waals surface area contributed by atoms with Gasteiger partial charge in [-0.05, 0) is 55.7 Å². The van der Waals surface area contributed by atoms with Crippen molar-refractivity contribution in [2.24, 2.45) is 11.8 Å². The van der Waals surface area contributed by atoms with Crippen molar-refractivity contribution in [1.82, 2.24) is 10.2 Å². The molecule has 2 amide bonds. The summed E-state index contributed by atoms with van der Waals surface area (Å²) < 4.78 is 45.5. The van der Waals surface area contributed by atoms with E-state index in [1.54, 1.807) is 0 Å². The summed E-state index contributed by atoms with van der Waals surface area (Å²) in [5.74, 6) is -0.232. The van der Waals surface area contributed by atoms with Gasteiger partial charge in [-0.1, -0.05) is 26.8 Å². The number of carbonyl (C=O) groups excluding carboxylic acids is 2. The lowest BCUT2D eigenvalue weighted by Crippen LogP contribution is -2.57. The number of nitrogens with one attached hydrogen (secondary N) is 1. The fourth-order valence-electron chi connectivity index (χ4n) is 4.17. The normalized spacial score (nSPS) is 27.0. The second-order valence-electron chi connectivity index (χ2n) is 8.85. The van der Waals surface area contributed by atoms with Gasteiger partial charge in [-0.25, -0.2) is 0 Å². The van der Waals surface area contributed by atoms with Crippen molar-refractivity contribution >= 4 is 11.8 Å². The van der Waals surface area contributed by atoms with Crippen molar-refractivity contribution in [3.8, 4) is 0 Å². The van der Waals surface area contributed by atoms with Crippen LogP contribution in [0, 0.1) is 11.8 Å².